The topological polar surface area (TPSA) is 50.4 Å². The molecule has 2 rings (SSSR count). The molecule has 0 spiro atoms. The van der Waals surface area contributed by atoms with Crippen molar-refractivity contribution in [1.29, 1.82) is 0 Å². The van der Waals surface area contributed by atoms with Crippen LogP contribution in [0.1, 0.15) is 38.3 Å². The molecule has 124 valence electrons. The fourth-order valence-corrected chi connectivity index (χ4v) is 3.09. The zero-order chi connectivity index (χ0) is 17.0. The minimum absolute atomic E-state index is 0.284. The van der Waals surface area contributed by atoms with Crippen molar-refractivity contribution < 1.29 is 13.9 Å². The van der Waals surface area contributed by atoms with E-state index in [-0.39, 0.29) is 12.4 Å². The number of allylic oxidation sites excluding steroid dienone is 1. The monoisotopic (exact) mass is 400 g/mol. The second-order valence-corrected chi connectivity index (χ2v) is 6.33. The van der Waals surface area contributed by atoms with Crippen LogP contribution in [0.2, 0.25) is 0 Å². The molecule has 4 nitrogen and oxygen atoms in total. The number of carbonyl (C=O) groups excluding carboxylic acids is 1. The number of halogens is 2. The fourth-order valence-electron chi connectivity index (χ4n) is 2.46. The highest BCUT2D eigenvalue weighted by Gasteiger charge is 2.32. The highest BCUT2D eigenvalue weighted by Crippen LogP contribution is 2.31. The van der Waals surface area contributed by atoms with Crippen molar-refractivity contribution >= 4 is 39.2 Å². The molecule has 23 heavy (non-hydrogen) atoms. The number of ether oxygens (including phenoxy) is 1. The average molecular weight is 401 g/mol. The Morgan fingerprint density at radius 3 is 2.78 bits per heavy atom. The number of esters is 1. The molecule has 1 aromatic rings. The van der Waals surface area contributed by atoms with E-state index in [1.54, 1.807) is 19.1 Å². The van der Waals surface area contributed by atoms with Crippen molar-refractivity contribution in [3.8, 4) is 0 Å². The Morgan fingerprint density at radius 1 is 1.43 bits per heavy atom. The molecule has 0 saturated heterocycles. The summed E-state index contributed by atoms with van der Waals surface area (Å²) in [7, 11) is 0. The zero-order valence-corrected chi connectivity index (χ0v) is 15.3. The van der Waals surface area contributed by atoms with E-state index >= 15 is 0 Å². The van der Waals surface area contributed by atoms with E-state index in [0.29, 0.717) is 21.6 Å². The molecule has 0 saturated carbocycles. The minimum atomic E-state index is -0.471. The third-order valence-corrected chi connectivity index (χ3v) is 4.25. The molecule has 0 radical (unpaired) electrons. The summed E-state index contributed by atoms with van der Waals surface area (Å²) in [6, 6.07) is 4.16. The lowest BCUT2D eigenvalue weighted by molar-refractivity contribution is -0.139. The first kappa shape index (κ1) is 17.9. The van der Waals surface area contributed by atoms with Gasteiger partial charge in [-0.2, -0.15) is 0 Å². The number of nitrogens with one attached hydrogen (secondary N) is 2. The van der Waals surface area contributed by atoms with Gasteiger partial charge >= 0.3 is 5.97 Å². The summed E-state index contributed by atoms with van der Waals surface area (Å²) in [5, 5.41) is 6.56. The summed E-state index contributed by atoms with van der Waals surface area (Å²) in [5.41, 5.74) is 1.97. The number of benzene rings is 1. The molecule has 0 fully saturated rings. The first-order valence-corrected chi connectivity index (χ1v) is 8.60. The van der Waals surface area contributed by atoms with Crippen molar-refractivity contribution in [2.24, 2.45) is 0 Å². The first-order chi connectivity index (χ1) is 11.0. The summed E-state index contributed by atoms with van der Waals surface area (Å²) in [6.45, 7) is 4.06. The largest absolute Gasteiger partial charge is 0.463 e. The maximum Gasteiger partial charge on any atom is 0.338 e. The van der Waals surface area contributed by atoms with Gasteiger partial charge in [0.25, 0.3) is 0 Å². The molecule has 1 aliphatic rings. The van der Waals surface area contributed by atoms with Crippen molar-refractivity contribution in [3.63, 3.8) is 0 Å². The minimum Gasteiger partial charge on any atom is -0.463 e. The average Bonchev–Trinajstić information content (AvgIpc) is 2.50. The number of rotatable bonds is 5. The van der Waals surface area contributed by atoms with Crippen LogP contribution in [0.5, 0.6) is 0 Å². The van der Waals surface area contributed by atoms with Gasteiger partial charge in [0.05, 0.1) is 22.7 Å². The lowest BCUT2D eigenvalue weighted by Crippen LogP contribution is -2.45. The molecule has 1 atom stereocenters. The maximum absolute atomic E-state index is 13.5. The Labute approximate surface area is 148 Å². The van der Waals surface area contributed by atoms with Crippen LogP contribution in [0, 0.1) is 5.82 Å². The van der Waals surface area contributed by atoms with Gasteiger partial charge in [-0.15, -0.1) is 0 Å². The molecule has 0 unspecified atom stereocenters. The molecular formula is C16H18BrFN2O2S. The second-order valence-electron chi connectivity index (χ2n) is 5.07. The molecule has 1 heterocycles. The third-order valence-electron chi connectivity index (χ3n) is 3.43. The van der Waals surface area contributed by atoms with Crippen LogP contribution in [0.25, 0.3) is 0 Å². The lowest BCUT2D eigenvalue weighted by atomic mass is 9.94. The number of hydrogen-bond donors (Lipinski definition) is 2. The summed E-state index contributed by atoms with van der Waals surface area (Å²) in [6.07, 6.45) is 1.53. The normalized spacial score (nSPS) is 17.6. The summed E-state index contributed by atoms with van der Waals surface area (Å²) >= 11 is 8.42. The second kappa shape index (κ2) is 7.88. The molecule has 0 aromatic heterocycles. The van der Waals surface area contributed by atoms with E-state index in [2.05, 4.69) is 26.6 Å². The number of hydrogen-bond acceptors (Lipinski definition) is 3. The lowest BCUT2D eigenvalue weighted by Gasteiger charge is -2.31. The van der Waals surface area contributed by atoms with E-state index in [4.69, 9.17) is 17.0 Å². The molecule has 0 aliphatic carbocycles. The summed E-state index contributed by atoms with van der Waals surface area (Å²) in [5.74, 6) is -0.760. The Bertz CT molecular complexity index is 663. The van der Waals surface area contributed by atoms with Crippen LogP contribution in [0.3, 0.4) is 0 Å². The fraction of sp³-hybridized carbons (Fsp3) is 0.375. The van der Waals surface area contributed by atoms with E-state index in [1.807, 2.05) is 6.92 Å². The van der Waals surface area contributed by atoms with Crippen molar-refractivity contribution in [2.75, 3.05) is 6.61 Å². The first-order valence-electron chi connectivity index (χ1n) is 7.40. The maximum atomic E-state index is 13.5. The quantitative estimate of drug-likeness (QED) is 0.582. The number of carbonyl (C=O) groups is 1. The molecule has 7 heteroatoms. The molecule has 1 aliphatic heterocycles. The van der Waals surface area contributed by atoms with E-state index in [0.717, 1.165) is 17.7 Å². The van der Waals surface area contributed by atoms with Crippen LogP contribution in [0.15, 0.2) is 33.9 Å². The standard InChI is InChI=1S/C16H18BrFN2O2S/c1-3-5-12-13(15(21)22-4-2)14(20-16(23)19-12)9-6-7-11(18)10(17)8-9/h6-8,14H,3-5H2,1-2H3,(H2,19,20,23)/t14-/m1/s1. The van der Waals surface area contributed by atoms with Gasteiger partial charge in [-0.1, -0.05) is 19.4 Å². The molecule has 0 amide bonds. The van der Waals surface area contributed by atoms with Crippen LogP contribution in [-0.4, -0.2) is 17.7 Å². The molecule has 2 N–H and O–H groups in total. The highest BCUT2D eigenvalue weighted by molar-refractivity contribution is 9.10. The zero-order valence-electron chi connectivity index (χ0n) is 12.9. The SMILES string of the molecule is CCCC1=C(C(=O)OCC)[C@@H](c2ccc(F)c(Br)c2)NC(=S)N1. The Kier molecular flexibility index (Phi) is 6.12. The predicted molar refractivity (Wildman–Crippen MR) is 94.3 cm³/mol. The Morgan fingerprint density at radius 2 is 2.17 bits per heavy atom. The van der Waals surface area contributed by atoms with Crippen molar-refractivity contribution in [1.82, 2.24) is 10.6 Å². The van der Waals surface area contributed by atoms with E-state index in [1.165, 1.54) is 6.07 Å². The van der Waals surface area contributed by atoms with Gasteiger partial charge in [0.15, 0.2) is 5.11 Å². The molecule has 1 aromatic carbocycles. The summed E-state index contributed by atoms with van der Waals surface area (Å²) in [4.78, 5) is 12.4. The van der Waals surface area contributed by atoms with Crippen LogP contribution in [0.4, 0.5) is 4.39 Å². The van der Waals surface area contributed by atoms with Gasteiger partial charge in [-0.05, 0) is 59.2 Å². The van der Waals surface area contributed by atoms with Gasteiger partial charge in [0.2, 0.25) is 0 Å². The van der Waals surface area contributed by atoms with Gasteiger partial charge < -0.3 is 15.4 Å². The van der Waals surface area contributed by atoms with Gasteiger partial charge in [0, 0.05) is 5.70 Å². The van der Waals surface area contributed by atoms with Crippen LogP contribution >= 0.6 is 28.1 Å². The van der Waals surface area contributed by atoms with Gasteiger partial charge in [-0.3, -0.25) is 0 Å². The van der Waals surface area contributed by atoms with E-state index < -0.39 is 12.0 Å². The van der Waals surface area contributed by atoms with Crippen LogP contribution < -0.4 is 10.6 Å². The Hall–Kier alpha value is -1.47. The molecular weight excluding hydrogens is 383 g/mol. The van der Waals surface area contributed by atoms with Gasteiger partial charge in [0.1, 0.15) is 5.82 Å². The predicted octanol–water partition coefficient (Wildman–Crippen LogP) is 3.72. The molecule has 0 bridgehead atoms. The van der Waals surface area contributed by atoms with Gasteiger partial charge in [-0.25, -0.2) is 9.18 Å². The van der Waals surface area contributed by atoms with Crippen molar-refractivity contribution in [2.45, 2.75) is 32.7 Å². The number of thiocarbonyl (C=S) groups is 1. The third kappa shape index (κ3) is 4.09. The van der Waals surface area contributed by atoms with E-state index in [9.17, 15) is 9.18 Å². The van der Waals surface area contributed by atoms with Crippen molar-refractivity contribution in [3.05, 3.63) is 45.3 Å². The van der Waals surface area contributed by atoms with Crippen LogP contribution in [-0.2, 0) is 9.53 Å². The smallest absolute Gasteiger partial charge is 0.338 e. The highest BCUT2D eigenvalue weighted by atomic mass is 79.9. The summed E-state index contributed by atoms with van der Waals surface area (Å²) < 4.78 is 19.0. The Balaban J connectivity index is 2.51.